The van der Waals surface area contributed by atoms with Crippen LogP contribution in [0.25, 0.3) is 0 Å². The monoisotopic (exact) mass is 257 g/mol. The third kappa shape index (κ3) is 8.11. The van der Waals surface area contributed by atoms with Gasteiger partial charge in [-0.3, -0.25) is 14.1 Å². The highest BCUT2D eigenvalue weighted by Crippen LogP contribution is 1.93. The fourth-order valence-corrected chi connectivity index (χ4v) is 1.10. The third-order valence-electron chi connectivity index (χ3n) is 1.40. The van der Waals surface area contributed by atoms with Crippen LogP contribution in [0.15, 0.2) is 0 Å². The highest BCUT2D eigenvalue weighted by molar-refractivity contribution is 7.80. The topological polar surface area (TPSA) is 150 Å². The molecule has 0 aromatic rings. The minimum atomic E-state index is -4.57. The summed E-state index contributed by atoms with van der Waals surface area (Å²) in [7, 11) is -4.57. The normalized spacial score (nSPS) is 13.3. The van der Waals surface area contributed by atoms with Crippen molar-refractivity contribution in [1.29, 1.82) is 0 Å². The van der Waals surface area contributed by atoms with Gasteiger partial charge in [-0.05, 0) is 0 Å². The number of carbonyl (C=O) groups is 2. The zero-order valence-corrected chi connectivity index (χ0v) is 8.81. The van der Waals surface area contributed by atoms with Crippen LogP contribution in [-0.4, -0.2) is 54.3 Å². The average molecular weight is 257 g/mol. The van der Waals surface area contributed by atoms with Gasteiger partial charge < -0.3 is 15.5 Å². The zero-order chi connectivity index (χ0) is 12.8. The van der Waals surface area contributed by atoms with Crippen molar-refractivity contribution in [2.24, 2.45) is 0 Å². The van der Waals surface area contributed by atoms with Crippen LogP contribution in [0.1, 0.15) is 6.42 Å². The van der Waals surface area contributed by atoms with Gasteiger partial charge in [-0.1, -0.05) is 0 Å². The molecule has 10 heteroatoms. The molecule has 1 atom stereocenters. The first-order chi connectivity index (χ1) is 7.22. The van der Waals surface area contributed by atoms with Gasteiger partial charge in [0.05, 0.1) is 13.0 Å². The van der Waals surface area contributed by atoms with Crippen molar-refractivity contribution >= 4 is 22.3 Å². The second-order valence-corrected chi connectivity index (χ2v) is 3.78. The Hall–Kier alpha value is -1.23. The summed E-state index contributed by atoms with van der Waals surface area (Å²) in [6.07, 6.45) is -0.652. The molecule has 0 aromatic heterocycles. The fourth-order valence-electron chi connectivity index (χ4n) is 0.802. The Kier molecular flexibility index (Phi) is 5.88. The lowest BCUT2D eigenvalue weighted by Crippen LogP contribution is -2.40. The van der Waals surface area contributed by atoms with E-state index in [-0.39, 0.29) is 6.54 Å². The molecule has 0 aliphatic heterocycles. The summed E-state index contributed by atoms with van der Waals surface area (Å²) < 4.78 is 32.2. The highest BCUT2D eigenvalue weighted by atomic mass is 32.3. The van der Waals surface area contributed by atoms with E-state index < -0.39 is 41.4 Å². The summed E-state index contributed by atoms with van der Waals surface area (Å²) in [4.78, 5) is 20.7. The highest BCUT2D eigenvalue weighted by Gasteiger charge is 2.20. The Morgan fingerprint density at radius 3 is 2.25 bits per heavy atom. The second kappa shape index (κ2) is 6.37. The molecule has 0 unspecified atom stereocenters. The molecule has 0 heterocycles. The van der Waals surface area contributed by atoms with Crippen LogP contribution in [0.4, 0.5) is 0 Å². The smallest absolute Gasteiger partial charge is 0.397 e. The largest absolute Gasteiger partial charge is 0.481 e. The molecule has 0 spiro atoms. The van der Waals surface area contributed by atoms with Crippen LogP contribution in [0.2, 0.25) is 0 Å². The van der Waals surface area contributed by atoms with E-state index in [1.165, 1.54) is 0 Å². The molecule has 0 saturated heterocycles. The molecular formula is C6H11NO8S. The maximum atomic E-state index is 10.5. The second-order valence-electron chi connectivity index (χ2n) is 2.69. The molecule has 9 nitrogen and oxygen atoms in total. The molecule has 16 heavy (non-hydrogen) atoms. The van der Waals surface area contributed by atoms with Gasteiger partial charge in [-0.25, -0.2) is 4.18 Å². The van der Waals surface area contributed by atoms with Crippen LogP contribution in [-0.2, 0) is 24.2 Å². The van der Waals surface area contributed by atoms with Gasteiger partial charge in [0.15, 0.2) is 0 Å². The van der Waals surface area contributed by atoms with Gasteiger partial charge >= 0.3 is 22.3 Å². The Labute approximate surface area is 91.0 Å². The Morgan fingerprint density at radius 1 is 1.31 bits per heavy atom. The molecule has 94 valence electrons. The van der Waals surface area contributed by atoms with Crippen molar-refractivity contribution in [2.75, 3.05) is 13.2 Å². The number of carboxylic acids is 2. The number of hydrogen-bond donors (Lipinski definition) is 4. The van der Waals surface area contributed by atoms with E-state index >= 15 is 0 Å². The van der Waals surface area contributed by atoms with Crippen molar-refractivity contribution in [3.05, 3.63) is 0 Å². The third-order valence-corrected chi connectivity index (χ3v) is 1.87. The van der Waals surface area contributed by atoms with Crippen molar-refractivity contribution in [1.82, 2.24) is 5.32 Å². The molecule has 0 radical (unpaired) electrons. The van der Waals surface area contributed by atoms with Crippen LogP contribution >= 0.6 is 0 Å². The lowest BCUT2D eigenvalue weighted by atomic mass is 10.2. The number of rotatable bonds is 8. The van der Waals surface area contributed by atoms with Crippen molar-refractivity contribution < 1.29 is 37.0 Å². The predicted octanol–water partition coefficient (Wildman–Crippen LogP) is -1.68. The van der Waals surface area contributed by atoms with Gasteiger partial charge in [-0.2, -0.15) is 8.42 Å². The molecule has 0 aliphatic rings. The summed E-state index contributed by atoms with van der Waals surface area (Å²) >= 11 is 0. The first-order valence-corrected chi connectivity index (χ1v) is 5.38. The Morgan fingerprint density at radius 2 is 1.88 bits per heavy atom. The summed E-state index contributed by atoms with van der Waals surface area (Å²) in [5, 5.41) is 19.1. The molecule has 0 fully saturated rings. The van der Waals surface area contributed by atoms with Crippen LogP contribution in [0.3, 0.4) is 0 Å². The fraction of sp³-hybridized carbons (Fsp3) is 0.667. The van der Waals surface area contributed by atoms with Crippen molar-refractivity contribution in [2.45, 2.75) is 12.5 Å². The lowest BCUT2D eigenvalue weighted by molar-refractivity contribution is -0.145. The van der Waals surface area contributed by atoms with E-state index in [1.807, 2.05) is 0 Å². The quantitative estimate of drug-likeness (QED) is 0.295. The number of hydrogen-bond acceptors (Lipinski definition) is 6. The van der Waals surface area contributed by atoms with E-state index in [1.54, 1.807) is 0 Å². The Balaban J connectivity index is 3.95. The first kappa shape index (κ1) is 14.8. The van der Waals surface area contributed by atoms with Crippen molar-refractivity contribution in [3.8, 4) is 0 Å². The minimum Gasteiger partial charge on any atom is -0.481 e. The molecule has 0 amide bonds. The minimum absolute atomic E-state index is 0.232. The number of nitrogens with one attached hydrogen (secondary N) is 1. The van der Waals surface area contributed by atoms with Crippen LogP contribution in [0, 0.1) is 0 Å². The predicted molar refractivity (Wildman–Crippen MR) is 49.2 cm³/mol. The van der Waals surface area contributed by atoms with E-state index in [9.17, 15) is 18.0 Å². The molecular weight excluding hydrogens is 246 g/mol. The average Bonchev–Trinajstić information content (AvgIpc) is 2.07. The van der Waals surface area contributed by atoms with Crippen LogP contribution in [0.5, 0.6) is 0 Å². The molecule has 0 rings (SSSR count). The summed E-state index contributed by atoms with van der Waals surface area (Å²) in [6, 6.07) is -1.34. The van der Waals surface area contributed by atoms with Crippen LogP contribution < -0.4 is 5.32 Å². The van der Waals surface area contributed by atoms with Gasteiger partial charge in [0.2, 0.25) is 0 Å². The molecule has 4 N–H and O–H groups in total. The summed E-state index contributed by atoms with van der Waals surface area (Å²) in [6.45, 7) is -0.730. The van der Waals surface area contributed by atoms with E-state index in [4.69, 9.17) is 14.8 Å². The van der Waals surface area contributed by atoms with Gasteiger partial charge in [0.25, 0.3) is 0 Å². The van der Waals surface area contributed by atoms with Gasteiger partial charge in [0, 0.05) is 6.54 Å². The Bertz CT molecular complexity index is 350. The zero-order valence-electron chi connectivity index (χ0n) is 7.99. The molecule has 0 saturated carbocycles. The van der Waals surface area contributed by atoms with E-state index in [2.05, 4.69) is 9.50 Å². The SMILES string of the molecule is O=C(O)C[C@H](NCCOS(=O)(=O)O)C(=O)O. The van der Waals surface area contributed by atoms with E-state index in [0.29, 0.717) is 0 Å². The summed E-state index contributed by atoms with van der Waals surface area (Å²) in [5.74, 6) is -2.69. The van der Waals surface area contributed by atoms with E-state index in [0.717, 1.165) is 0 Å². The first-order valence-electron chi connectivity index (χ1n) is 4.02. The molecule has 0 aliphatic carbocycles. The van der Waals surface area contributed by atoms with Crippen molar-refractivity contribution in [3.63, 3.8) is 0 Å². The standard InChI is InChI=1S/C6H11NO8S/c8-5(9)3-4(6(10)11)7-1-2-15-16(12,13)14/h4,7H,1-3H2,(H,8,9)(H,10,11)(H,12,13,14)/t4-/m0/s1. The van der Waals surface area contributed by atoms with Gasteiger partial charge in [0.1, 0.15) is 6.04 Å². The maximum absolute atomic E-state index is 10.5. The number of aliphatic carboxylic acids is 2. The van der Waals surface area contributed by atoms with Gasteiger partial charge in [-0.15, -0.1) is 0 Å². The molecule has 0 bridgehead atoms. The maximum Gasteiger partial charge on any atom is 0.397 e. The molecule has 0 aromatic carbocycles. The lowest BCUT2D eigenvalue weighted by Gasteiger charge is -2.11. The number of carboxylic acid groups (broad SMARTS) is 2. The summed E-state index contributed by atoms with van der Waals surface area (Å²) in [5.41, 5.74) is 0.